The Morgan fingerprint density at radius 3 is 2.36 bits per heavy atom. The summed E-state index contributed by atoms with van der Waals surface area (Å²) in [5.41, 5.74) is 1.53. The largest absolute Gasteiger partial charge is 0.418 e. The summed E-state index contributed by atoms with van der Waals surface area (Å²) < 4.78 is 41.6. The van der Waals surface area contributed by atoms with Crippen LogP contribution in [-0.4, -0.2) is 47.1 Å². The Kier molecular flexibility index (Phi) is 6.68. The first-order valence-corrected chi connectivity index (χ1v) is 12.2. The van der Waals surface area contributed by atoms with Crippen molar-refractivity contribution in [3.05, 3.63) is 75.2 Å². The molecule has 1 fully saturated rings. The molecule has 2 aliphatic rings. The van der Waals surface area contributed by atoms with Crippen LogP contribution in [0.25, 0.3) is 0 Å². The molecule has 6 nitrogen and oxygen atoms in total. The van der Waals surface area contributed by atoms with Gasteiger partial charge in [0.2, 0.25) is 5.91 Å². The molecule has 2 aromatic rings. The molecule has 0 aromatic heterocycles. The second-order valence-electron chi connectivity index (χ2n) is 9.23. The average molecular weight is 518 g/mol. The summed E-state index contributed by atoms with van der Waals surface area (Å²) in [6.07, 6.45) is -4.77. The standard InChI is InChI=1S/C26H26F3N3O3S/c1-14-10-11-15(2)17(12-14)13-31-24-20(16(3)21(36-24)23(34)30(4)5)22(33)32(25(31)35)19-9-7-6-8-18(19)26(27,28)29/h6-12,20,24H,13H2,1-5H3. The molecule has 0 radical (unpaired) electrons. The van der Waals surface area contributed by atoms with Crippen LogP contribution in [-0.2, 0) is 22.3 Å². The van der Waals surface area contributed by atoms with Crippen LogP contribution in [0.15, 0.2) is 52.9 Å². The number of benzene rings is 2. The predicted octanol–water partition coefficient (Wildman–Crippen LogP) is 5.34. The van der Waals surface area contributed by atoms with Gasteiger partial charge in [-0.1, -0.05) is 47.7 Å². The van der Waals surface area contributed by atoms with Crippen molar-refractivity contribution in [1.29, 1.82) is 0 Å². The van der Waals surface area contributed by atoms with Crippen LogP contribution in [0.4, 0.5) is 23.7 Å². The third kappa shape index (κ3) is 4.38. The maximum Gasteiger partial charge on any atom is 0.418 e. The van der Waals surface area contributed by atoms with Gasteiger partial charge in [0.25, 0.3) is 5.91 Å². The van der Waals surface area contributed by atoms with E-state index in [1.54, 1.807) is 21.0 Å². The zero-order valence-corrected chi connectivity index (χ0v) is 21.3. The van der Waals surface area contributed by atoms with E-state index in [9.17, 15) is 27.6 Å². The molecule has 1 saturated heterocycles. The molecule has 36 heavy (non-hydrogen) atoms. The van der Waals surface area contributed by atoms with Crippen LogP contribution in [0.3, 0.4) is 0 Å². The average Bonchev–Trinajstić information content (AvgIpc) is 3.15. The topological polar surface area (TPSA) is 60.9 Å². The molecule has 2 atom stereocenters. The molecule has 190 valence electrons. The van der Waals surface area contributed by atoms with Gasteiger partial charge >= 0.3 is 12.2 Å². The SMILES string of the molecule is CC1=C(C(=O)N(C)C)SC2C1C(=O)N(c1ccccc1C(F)(F)F)C(=O)N2Cc1cc(C)ccc1C. The second-order valence-corrected chi connectivity index (χ2v) is 10.4. The monoisotopic (exact) mass is 517 g/mol. The number of fused-ring (bicyclic) bond motifs is 1. The molecule has 0 spiro atoms. The molecule has 0 bridgehead atoms. The molecule has 4 rings (SSSR count). The molecule has 2 aliphatic heterocycles. The molecule has 0 N–H and O–H groups in total. The number of urea groups is 1. The van der Waals surface area contributed by atoms with Crippen molar-refractivity contribution in [3.63, 3.8) is 0 Å². The van der Waals surface area contributed by atoms with E-state index < -0.39 is 40.7 Å². The van der Waals surface area contributed by atoms with Crippen LogP contribution in [0.2, 0.25) is 0 Å². The van der Waals surface area contributed by atoms with Crippen LogP contribution in [0.5, 0.6) is 0 Å². The third-order valence-electron chi connectivity index (χ3n) is 6.48. The first-order valence-electron chi connectivity index (χ1n) is 11.3. The van der Waals surface area contributed by atoms with Gasteiger partial charge in [0.15, 0.2) is 0 Å². The first kappa shape index (κ1) is 25.8. The lowest BCUT2D eigenvalue weighted by Crippen LogP contribution is -2.60. The Morgan fingerprint density at radius 2 is 1.72 bits per heavy atom. The van der Waals surface area contributed by atoms with Crippen LogP contribution >= 0.6 is 11.8 Å². The summed E-state index contributed by atoms with van der Waals surface area (Å²) >= 11 is 1.11. The Labute approximate surface area is 211 Å². The molecule has 2 heterocycles. The molecule has 2 aromatic carbocycles. The maximum atomic E-state index is 13.9. The number of para-hydroxylation sites is 1. The van der Waals surface area contributed by atoms with Crippen molar-refractivity contribution in [1.82, 2.24) is 9.80 Å². The Hall–Kier alpha value is -3.27. The van der Waals surface area contributed by atoms with Gasteiger partial charge in [0.1, 0.15) is 5.37 Å². The third-order valence-corrected chi connectivity index (χ3v) is 7.98. The number of aryl methyl sites for hydroxylation is 2. The summed E-state index contributed by atoms with van der Waals surface area (Å²) in [7, 11) is 3.16. The number of amides is 4. The molecular formula is C26H26F3N3O3S. The number of carbonyl (C=O) groups excluding carboxylic acids is 3. The van der Waals surface area contributed by atoms with Gasteiger partial charge in [-0.15, -0.1) is 0 Å². The van der Waals surface area contributed by atoms with Crippen LogP contribution < -0.4 is 4.90 Å². The number of anilines is 1. The maximum absolute atomic E-state index is 13.9. The number of thioether (sulfide) groups is 1. The highest BCUT2D eigenvalue weighted by Gasteiger charge is 2.54. The minimum absolute atomic E-state index is 0.0786. The van der Waals surface area contributed by atoms with E-state index in [0.717, 1.165) is 40.6 Å². The van der Waals surface area contributed by atoms with E-state index in [1.165, 1.54) is 21.9 Å². The number of halogens is 3. The van der Waals surface area contributed by atoms with Crippen molar-refractivity contribution in [2.45, 2.75) is 38.9 Å². The van der Waals surface area contributed by atoms with Crippen molar-refractivity contribution < 1.29 is 27.6 Å². The number of imide groups is 1. The number of likely N-dealkylation sites (N-methyl/N-ethyl adjacent to an activating group) is 1. The van der Waals surface area contributed by atoms with E-state index in [-0.39, 0.29) is 12.5 Å². The fourth-order valence-electron chi connectivity index (χ4n) is 4.52. The first-order chi connectivity index (χ1) is 16.8. The fraction of sp³-hybridized carbons (Fsp3) is 0.346. The van der Waals surface area contributed by atoms with Gasteiger partial charge in [-0.05, 0) is 49.6 Å². The van der Waals surface area contributed by atoms with Gasteiger partial charge in [0, 0.05) is 20.6 Å². The second kappa shape index (κ2) is 9.31. The van der Waals surface area contributed by atoms with Crippen molar-refractivity contribution in [2.75, 3.05) is 19.0 Å². The zero-order valence-electron chi connectivity index (χ0n) is 20.5. The number of hydrogen-bond acceptors (Lipinski definition) is 4. The van der Waals surface area contributed by atoms with Crippen LogP contribution in [0.1, 0.15) is 29.2 Å². The summed E-state index contributed by atoms with van der Waals surface area (Å²) in [6, 6.07) is 9.45. The van der Waals surface area contributed by atoms with E-state index in [4.69, 9.17) is 0 Å². The molecule has 4 amide bonds. The van der Waals surface area contributed by atoms with Crippen molar-refractivity contribution in [3.8, 4) is 0 Å². The Balaban J connectivity index is 1.87. The zero-order chi connectivity index (χ0) is 26.5. The molecular weight excluding hydrogens is 491 g/mol. The summed E-state index contributed by atoms with van der Waals surface area (Å²) in [4.78, 5) is 44.1. The Morgan fingerprint density at radius 1 is 1.06 bits per heavy atom. The normalized spacial score (nSPS) is 20.2. The molecule has 0 aliphatic carbocycles. The van der Waals surface area contributed by atoms with Crippen molar-refractivity contribution >= 4 is 35.3 Å². The highest BCUT2D eigenvalue weighted by Crippen LogP contribution is 2.49. The summed E-state index contributed by atoms with van der Waals surface area (Å²) in [5.74, 6) is -2.05. The summed E-state index contributed by atoms with van der Waals surface area (Å²) in [6.45, 7) is 5.50. The molecule has 2 unspecified atom stereocenters. The van der Waals surface area contributed by atoms with Gasteiger partial charge in [0.05, 0.1) is 22.1 Å². The smallest absolute Gasteiger partial charge is 0.344 e. The van der Waals surface area contributed by atoms with Gasteiger partial charge < -0.3 is 9.80 Å². The molecule has 10 heteroatoms. The van der Waals surface area contributed by atoms with E-state index in [2.05, 4.69) is 0 Å². The van der Waals surface area contributed by atoms with E-state index in [0.29, 0.717) is 15.4 Å². The fourth-order valence-corrected chi connectivity index (χ4v) is 6.11. The lowest BCUT2D eigenvalue weighted by Gasteiger charge is -2.42. The highest BCUT2D eigenvalue weighted by molar-refractivity contribution is 8.04. The van der Waals surface area contributed by atoms with Crippen molar-refractivity contribution in [2.24, 2.45) is 5.92 Å². The molecule has 0 saturated carbocycles. The summed E-state index contributed by atoms with van der Waals surface area (Å²) in [5, 5.41) is -0.752. The predicted molar refractivity (Wildman–Crippen MR) is 132 cm³/mol. The minimum atomic E-state index is -4.77. The lowest BCUT2D eigenvalue weighted by atomic mass is 9.94. The Bertz CT molecular complexity index is 1290. The quantitative estimate of drug-likeness (QED) is 0.549. The van der Waals surface area contributed by atoms with Gasteiger partial charge in [-0.25, -0.2) is 9.69 Å². The number of alkyl halides is 3. The lowest BCUT2D eigenvalue weighted by molar-refractivity contribution is -0.137. The van der Waals surface area contributed by atoms with Gasteiger partial charge in [-0.3, -0.25) is 9.59 Å². The van der Waals surface area contributed by atoms with Crippen LogP contribution in [0, 0.1) is 19.8 Å². The van der Waals surface area contributed by atoms with E-state index >= 15 is 0 Å². The number of hydrogen-bond donors (Lipinski definition) is 0. The van der Waals surface area contributed by atoms with Gasteiger partial charge in [-0.2, -0.15) is 13.2 Å². The number of carbonyl (C=O) groups is 3. The minimum Gasteiger partial charge on any atom is -0.344 e. The number of nitrogens with zero attached hydrogens (tertiary/aromatic N) is 3. The number of rotatable bonds is 4. The van der Waals surface area contributed by atoms with E-state index in [1.807, 2.05) is 32.0 Å². The highest BCUT2D eigenvalue weighted by atomic mass is 32.2.